The van der Waals surface area contributed by atoms with Crippen molar-refractivity contribution in [1.82, 2.24) is 4.40 Å². The molecule has 460 valence electrons. The fourth-order valence-electron chi connectivity index (χ4n) is 18.9. The van der Waals surface area contributed by atoms with E-state index in [1.54, 1.807) is 0 Å². The van der Waals surface area contributed by atoms with Crippen LogP contribution in [0.4, 0.5) is 102 Å². The highest BCUT2D eigenvalue weighted by atomic mass is 15.2. The molecule has 10 heteroatoms. The van der Waals surface area contributed by atoms with E-state index in [-0.39, 0.29) is 20.1 Å². The van der Waals surface area contributed by atoms with E-state index in [4.69, 9.17) is 0 Å². The van der Waals surface area contributed by atoms with Gasteiger partial charge in [0.25, 0.3) is 20.1 Å². The van der Waals surface area contributed by atoms with Crippen molar-refractivity contribution in [1.29, 1.82) is 0 Å². The minimum atomic E-state index is -0.155. The highest BCUT2D eigenvalue weighted by Gasteiger charge is 2.49. The molecule has 23 rings (SSSR count). The monoisotopic (exact) mass is 1270 g/mol. The fourth-order valence-corrected chi connectivity index (χ4v) is 18.9. The lowest BCUT2D eigenvalue weighted by atomic mass is 9.33. The summed E-state index contributed by atoms with van der Waals surface area (Å²) in [7, 11) is 0. The highest BCUT2D eigenvalue weighted by Crippen LogP contribution is 2.55. The van der Waals surface area contributed by atoms with Crippen molar-refractivity contribution in [2.24, 2.45) is 0 Å². The van der Waals surface area contributed by atoms with Gasteiger partial charge in [0.05, 0.1) is 27.9 Å². The van der Waals surface area contributed by atoms with Crippen molar-refractivity contribution in [2.45, 2.75) is 0 Å². The van der Waals surface area contributed by atoms with Gasteiger partial charge in [-0.3, -0.25) is 0 Å². The molecule has 0 atom stereocenters. The molecule has 17 aromatic rings. The molecule has 0 radical (unpaired) electrons. The standard InChI is InChI=1S/C90H56B3N7/c1-7-28-57(29-8-1)94-71-43-22-19-40-65(71)91-68-52-53-74-83(89(68)98(61-36-15-5-16-37-61)79-50-26-47-76(94)86(79)91)64-55-70-90(99(62-38-17-6-18-39-62)80-51-27-48-77-87(80)93(70)67-42-21-24-45-73(67)96(77)59-32-11-3-12-33-59)84-63-54-69-82(56-81(63)100(74)88(64)84)97(60-34-13-4-14-35-60)78-49-25-46-75-85(78)92(69)66-41-20-23-44-72(66)95(75)58-30-9-2-10-31-58/h1-56H. The Morgan fingerprint density at radius 3 is 0.910 bits per heavy atom. The first-order valence-electron chi connectivity index (χ1n) is 34.9. The molecule has 0 aliphatic carbocycles. The van der Waals surface area contributed by atoms with Crippen LogP contribution in [0.25, 0.3) is 38.1 Å². The van der Waals surface area contributed by atoms with Gasteiger partial charge in [-0.1, -0.05) is 200 Å². The molecule has 8 heterocycles. The van der Waals surface area contributed by atoms with Gasteiger partial charge in [-0.15, -0.1) is 0 Å². The molecule has 100 heavy (non-hydrogen) atoms. The van der Waals surface area contributed by atoms with Gasteiger partial charge < -0.3 is 33.8 Å². The minimum Gasteiger partial charge on any atom is -0.311 e. The maximum Gasteiger partial charge on any atom is 0.252 e. The van der Waals surface area contributed by atoms with E-state index < -0.39 is 0 Å². The van der Waals surface area contributed by atoms with E-state index in [9.17, 15) is 0 Å². The number of fused-ring (bicyclic) bond motifs is 20. The number of anilines is 18. The number of para-hydroxylation sites is 9. The van der Waals surface area contributed by atoms with Crippen LogP contribution in [-0.2, 0) is 0 Å². The van der Waals surface area contributed by atoms with Gasteiger partial charge in [-0.2, -0.15) is 0 Å². The molecule has 15 aromatic carbocycles. The van der Waals surface area contributed by atoms with Crippen LogP contribution < -0.4 is 78.6 Å². The van der Waals surface area contributed by atoms with Crippen molar-refractivity contribution in [3.63, 3.8) is 0 Å². The molecule has 0 bridgehead atoms. The smallest absolute Gasteiger partial charge is 0.252 e. The van der Waals surface area contributed by atoms with Gasteiger partial charge in [0.15, 0.2) is 0 Å². The maximum absolute atomic E-state index is 2.69. The second kappa shape index (κ2) is 20.3. The van der Waals surface area contributed by atoms with Crippen molar-refractivity contribution >= 4 is 210 Å². The summed E-state index contributed by atoms with van der Waals surface area (Å²) in [4.78, 5) is 15.3. The Hall–Kier alpha value is -12.9. The van der Waals surface area contributed by atoms with Crippen LogP contribution in [0.1, 0.15) is 0 Å². The summed E-state index contributed by atoms with van der Waals surface area (Å²) in [6, 6.07) is 128. The SMILES string of the molecule is c1ccc(N2c3ccccc3B3c4cc5c6c7c(cc8c9c%10c(ccc9n(c5cc4N(c4ccccc4)c4cccc2c43)c86)B2c3ccccc3N(c3ccccc3)c3cccc(c32)N%10c2ccccc2)B2c3ccccc3N(c3ccccc3)c3cccc(c32)N7c2ccccc2)cc1. The second-order valence-electron chi connectivity index (χ2n) is 27.4. The zero-order valence-electron chi connectivity index (χ0n) is 54.2. The third-order valence-corrected chi connectivity index (χ3v) is 22.5. The van der Waals surface area contributed by atoms with Gasteiger partial charge in [0.1, 0.15) is 0 Å². The fraction of sp³-hybridized carbons (Fsp3) is 0. The second-order valence-corrected chi connectivity index (χ2v) is 27.4. The van der Waals surface area contributed by atoms with E-state index in [1.165, 1.54) is 150 Å². The Morgan fingerprint density at radius 1 is 0.190 bits per heavy atom. The van der Waals surface area contributed by atoms with E-state index in [0.717, 1.165) is 39.6 Å². The van der Waals surface area contributed by atoms with Crippen LogP contribution in [0.2, 0.25) is 0 Å². The minimum absolute atomic E-state index is 0.0859. The molecule has 0 saturated heterocycles. The normalized spacial score (nSPS) is 14.0. The molecular weight excluding hydrogens is 1210 g/mol. The van der Waals surface area contributed by atoms with Crippen LogP contribution in [0.15, 0.2) is 340 Å². The molecule has 0 spiro atoms. The van der Waals surface area contributed by atoms with Crippen molar-refractivity contribution in [2.75, 3.05) is 29.4 Å². The van der Waals surface area contributed by atoms with Crippen LogP contribution in [-0.4, -0.2) is 24.5 Å². The lowest BCUT2D eigenvalue weighted by Crippen LogP contribution is -2.61. The third-order valence-electron chi connectivity index (χ3n) is 22.5. The molecule has 0 N–H and O–H groups in total. The summed E-state index contributed by atoms with van der Waals surface area (Å²) >= 11 is 0. The Kier molecular flexibility index (Phi) is 11.0. The predicted octanol–water partition coefficient (Wildman–Crippen LogP) is 17.1. The van der Waals surface area contributed by atoms with Gasteiger partial charge in [-0.25, -0.2) is 0 Å². The molecule has 2 aromatic heterocycles. The van der Waals surface area contributed by atoms with Gasteiger partial charge >= 0.3 is 0 Å². The van der Waals surface area contributed by atoms with Gasteiger partial charge in [0.2, 0.25) is 0 Å². The number of hydrogen-bond acceptors (Lipinski definition) is 6. The average molecular weight is 1270 g/mol. The Labute approximate surface area is 579 Å². The first-order valence-corrected chi connectivity index (χ1v) is 34.9. The first-order chi connectivity index (χ1) is 49.7. The van der Waals surface area contributed by atoms with Crippen LogP contribution in [0.5, 0.6) is 0 Å². The first kappa shape index (κ1) is 54.2. The lowest BCUT2D eigenvalue weighted by Gasteiger charge is -2.45. The molecule has 7 nitrogen and oxygen atoms in total. The lowest BCUT2D eigenvalue weighted by molar-refractivity contribution is 1.25. The van der Waals surface area contributed by atoms with Crippen LogP contribution in [0.3, 0.4) is 0 Å². The zero-order chi connectivity index (χ0) is 65.0. The quantitative estimate of drug-likeness (QED) is 0.154. The number of nitrogens with zero attached hydrogens (tertiary/aromatic N) is 7. The summed E-state index contributed by atoms with van der Waals surface area (Å²) in [6.07, 6.45) is 0. The molecule has 0 fully saturated rings. The molecule has 0 saturated carbocycles. The Bertz CT molecular complexity index is 6290. The summed E-state index contributed by atoms with van der Waals surface area (Å²) < 4.78 is 2.69. The summed E-state index contributed by atoms with van der Waals surface area (Å²) in [5.74, 6) is 0. The van der Waals surface area contributed by atoms with Gasteiger partial charge in [-0.05, 0) is 189 Å². The largest absolute Gasteiger partial charge is 0.311 e. The summed E-state index contributed by atoms with van der Waals surface area (Å²) in [5.41, 5.74) is 36.1. The Morgan fingerprint density at radius 2 is 0.500 bits per heavy atom. The average Bonchev–Trinajstić information content (AvgIpc) is 1.44. The molecule has 6 aliphatic heterocycles. The van der Waals surface area contributed by atoms with Crippen molar-refractivity contribution in [3.05, 3.63) is 340 Å². The Balaban J connectivity index is 0.900. The molecule has 0 amide bonds. The van der Waals surface area contributed by atoms with E-state index in [0.29, 0.717) is 0 Å². The maximum atomic E-state index is 2.69. The van der Waals surface area contributed by atoms with E-state index in [1.807, 2.05) is 0 Å². The molecule has 0 unspecified atom stereocenters. The van der Waals surface area contributed by atoms with Crippen LogP contribution in [0, 0.1) is 0 Å². The number of hydrogen-bond donors (Lipinski definition) is 0. The highest BCUT2D eigenvalue weighted by molar-refractivity contribution is 7.02. The topological polar surface area (TPSA) is 23.9 Å². The van der Waals surface area contributed by atoms with E-state index >= 15 is 0 Å². The summed E-state index contributed by atoms with van der Waals surface area (Å²) in [6.45, 7) is -0.348. The van der Waals surface area contributed by atoms with Gasteiger partial charge in [0, 0.05) is 113 Å². The van der Waals surface area contributed by atoms with Crippen molar-refractivity contribution in [3.8, 4) is 0 Å². The predicted molar refractivity (Wildman–Crippen MR) is 423 cm³/mol. The summed E-state index contributed by atoms with van der Waals surface area (Å²) in [5, 5.41) is 4.93. The number of aromatic nitrogens is 1. The molecule has 6 aliphatic rings. The third kappa shape index (κ3) is 7.10. The van der Waals surface area contributed by atoms with E-state index in [2.05, 4.69) is 374 Å². The van der Waals surface area contributed by atoms with Crippen molar-refractivity contribution < 1.29 is 0 Å². The number of benzene rings is 15. The number of rotatable bonds is 6. The molecular formula is C90H56B3N7. The zero-order valence-corrected chi connectivity index (χ0v) is 54.2. The van der Waals surface area contributed by atoms with Crippen LogP contribution >= 0.6 is 0 Å².